The van der Waals surface area contributed by atoms with Gasteiger partial charge in [-0.05, 0) is 138 Å². The molecule has 0 amide bonds. The van der Waals surface area contributed by atoms with E-state index in [0.29, 0.717) is 5.92 Å². The first-order valence-electron chi connectivity index (χ1n) is 23.2. The van der Waals surface area contributed by atoms with Crippen LogP contribution < -0.4 is 4.90 Å². The lowest BCUT2D eigenvalue weighted by Gasteiger charge is -2.33. The third kappa shape index (κ3) is 5.89. The van der Waals surface area contributed by atoms with Gasteiger partial charge in [-0.15, -0.1) is 0 Å². The maximum Gasteiger partial charge on any atom is 0.0546 e. The molecule has 0 aliphatic heterocycles. The highest BCUT2D eigenvalue weighted by Gasteiger charge is 2.38. The van der Waals surface area contributed by atoms with Crippen molar-refractivity contribution in [2.75, 3.05) is 4.90 Å². The van der Waals surface area contributed by atoms with Crippen LogP contribution in [0.1, 0.15) is 93.5 Å². The average Bonchev–Trinajstić information content (AvgIpc) is 3.70. The summed E-state index contributed by atoms with van der Waals surface area (Å²) < 4.78 is 0. The van der Waals surface area contributed by atoms with E-state index >= 15 is 0 Å². The summed E-state index contributed by atoms with van der Waals surface area (Å²) in [6.07, 6.45) is 6.46. The summed E-state index contributed by atoms with van der Waals surface area (Å²) in [7, 11) is 0. The Hall–Kier alpha value is -6.70. The van der Waals surface area contributed by atoms with Gasteiger partial charge in [0.25, 0.3) is 0 Å². The van der Waals surface area contributed by atoms with E-state index in [0.717, 1.165) is 0 Å². The van der Waals surface area contributed by atoms with E-state index < -0.39 is 0 Å². The van der Waals surface area contributed by atoms with E-state index in [9.17, 15) is 0 Å². The van der Waals surface area contributed by atoms with Crippen LogP contribution in [0.4, 0.5) is 17.1 Å². The van der Waals surface area contributed by atoms with Gasteiger partial charge in [-0.1, -0.05) is 193 Å². The number of anilines is 3. The molecule has 9 aromatic rings. The van der Waals surface area contributed by atoms with Crippen LogP contribution >= 0.6 is 0 Å². The van der Waals surface area contributed by atoms with Crippen molar-refractivity contribution in [1.29, 1.82) is 0 Å². The Morgan fingerprint density at radius 3 is 1.76 bits per heavy atom. The average molecular weight is 812 g/mol. The molecule has 12 rings (SSSR count). The summed E-state index contributed by atoms with van der Waals surface area (Å²) in [5.41, 5.74) is 20.8. The van der Waals surface area contributed by atoms with E-state index in [1.807, 2.05) is 0 Å². The molecule has 9 aromatic carbocycles. The van der Waals surface area contributed by atoms with Gasteiger partial charge in [0.05, 0.1) is 11.4 Å². The molecule has 0 heterocycles. The zero-order valence-corrected chi connectivity index (χ0v) is 36.9. The molecule has 1 nitrogen and oxygen atoms in total. The SMILES string of the molecule is CC1(C)c2ccccc2-c2cc(N(c3ccc(C4CCCCC4)cc3-c3ccc4c(c3)C(C)(C)c3ccccc3-4)c3ccc4ccccc4c3-c3cccc4ccccc34)ccc21. The molecule has 0 spiro atoms. The summed E-state index contributed by atoms with van der Waals surface area (Å²) in [5.74, 6) is 0.570. The van der Waals surface area contributed by atoms with E-state index in [1.54, 1.807) is 0 Å². The fraction of sp³-hybridized carbons (Fsp3) is 0.194. The maximum atomic E-state index is 2.62. The first kappa shape index (κ1) is 38.0. The molecule has 3 aliphatic carbocycles. The van der Waals surface area contributed by atoms with E-state index in [2.05, 4.69) is 215 Å². The predicted octanol–water partition coefficient (Wildman–Crippen LogP) is 17.5. The summed E-state index contributed by atoms with van der Waals surface area (Å²) in [4.78, 5) is 2.62. The van der Waals surface area contributed by atoms with E-state index in [-0.39, 0.29) is 10.8 Å². The van der Waals surface area contributed by atoms with Gasteiger partial charge in [-0.25, -0.2) is 0 Å². The van der Waals surface area contributed by atoms with Crippen molar-refractivity contribution in [2.45, 2.75) is 76.5 Å². The fourth-order valence-electron chi connectivity index (χ4n) is 12.0. The summed E-state index contributed by atoms with van der Waals surface area (Å²) in [6, 6.07) is 69.6. The number of rotatable bonds is 6. The number of nitrogens with zero attached hydrogens (tertiary/aromatic N) is 1. The highest BCUT2D eigenvalue weighted by Crippen LogP contribution is 2.55. The quantitative estimate of drug-likeness (QED) is 0.162. The molecule has 0 aromatic heterocycles. The lowest BCUT2D eigenvalue weighted by Crippen LogP contribution is -2.16. The Kier molecular flexibility index (Phi) is 8.71. The second-order valence-electron chi connectivity index (χ2n) is 19.5. The summed E-state index contributed by atoms with van der Waals surface area (Å²) in [5, 5.41) is 5.00. The Balaban J connectivity index is 1.17. The summed E-state index contributed by atoms with van der Waals surface area (Å²) in [6.45, 7) is 9.57. The van der Waals surface area contributed by atoms with Crippen LogP contribution in [-0.2, 0) is 10.8 Å². The third-order valence-electron chi connectivity index (χ3n) is 15.3. The number of hydrogen-bond acceptors (Lipinski definition) is 1. The van der Waals surface area contributed by atoms with Crippen LogP contribution in [0, 0.1) is 0 Å². The molecule has 63 heavy (non-hydrogen) atoms. The molecule has 1 saturated carbocycles. The van der Waals surface area contributed by atoms with Gasteiger partial charge < -0.3 is 4.90 Å². The maximum absolute atomic E-state index is 2.62. The van der Waals surface area contributed by atoms with Crippen LogP contribution in [0.15, 0.2) is 182 Å². The predicted molar refractivity (Wildman–Crippen MR) is 268 cm³/mol. The molecule has 1 heteroatoms. The lowest BCUT2D eigenvalue weighted by atomic mass is 9.80. The standard InChI is InChI=1S/C62H53N/c1-61(2)55-28-15-13-25-49(55)53-39-45(32-34-56(53)61)63(59-36-30-42-20-9-11-23-47(42)60(59)51-26-16-21-41-19-8-10-22-46(41)51)58-35-31-43(40-17-6-5-7-18-40)37-52(58)44-29-33-50-48-24-12-14-27-54(48)62(3,4)57(50)38-44/h8-16,19-40H,5-7,17-18H2,1-4H3. The monoisotopic (exact) mass is 811 g/mol. The molecule has 0 saturated heterocycles. The molecule has 306 valence electrons. The van der Waals surface area contributed by atoms with Gasteiger partial charge in [0, 0.05) is 27.6 Å². The lowest BCUT2D eigenvalue weighted by molar-refractivity contribution is 0.444. The van der Waals surface area contributed by atoms with Crippen molar-refractivity contribution >= 4 is 38.6 Å². The van der Waals surface area contributed by atoms with Crippen LogP contribution in [0.2, 0.25) is 0 Å². The topological polar surface area (TPSA) is 3.24 Å². The Morgan fingerprint density at radius 1 is 0.397 bits per heavy atom. The smallest absolute Gasteiger partial charge is 0.0546 e. The second-order valence-corrected chi connectivity index (χ2v) is 19.5. The Morgan fingerprint density at radius 2 is 0.984 bits per heavy atom. The van der Waals surface area contributed by atoms with Gasteiger partial charge in [-0.2, -0.15) is 0 Å². The van der Waals surface area contributed by atoms with Gasteiger partial charge in [0.1, 0.15) is 0 Å². The zero-order chi connectivity index (χ0) is 42.5. The normalized spacial score (nSPS) is 15.8. The van der Waals surface area contributed by atoms with Gasteiger partial charge >= 0.3 is 0 Å². The highest BCUT2D eigenvalue weighted by atomic mass is 15.1. The largest absolute Gasteiger partial charge is 0.309 e. The van der Waals surface area contributed by atoms with Gasteiger partial charge in [0.15, 0.2) is 0 Å². The Bertz CT molecular complexity index is 3280. The second kappa shape index (κ2) is 14.4. The van der Waals surface area contributed by atoms with Gasteiger partial charge in [-0.3, -0.25) is 0 Å². The highest BCUT2D eigenvalue weighted by molar-refractivity contribution is 6.12. The first-order valence-corrected chi connectivity index (χ1v) is 23.2. The van der Waals surface area contributed by atoms with Crippen LogP contribution in [-0.4, -0.2) is 0 Å². The van der Waals surface area contributed by atoms with Crippen molar-refractivity contribution in [1.82, 2.24) is 0 Å². The van der Waals surface area contributed by atoms with E-state index in [1.165, 1.54) is 143 Å². The number of benzene rings is 9. The van der Waals surface area contributed by atoms with Crippen molar-refractivity contribution < 1.29 is 0 Å². The molecular weight excluding hydrogens is 759 g/mol. The molecule has 0 radical (unpaired) electrons. The van der Waals surface area contributed by atoms with Crippen molar-refractivity contribution in [2.24, 2.45) is 0 Å². The molecule has 3 aliphatic rings. The van der Waals surface area contributed by atoms with Crippen LogP contribution in [0.25, 0.3) is 66.1 Å². The summed E-state index contributed by atoms with van der Waals surface area (Å²) >= 11 is 0. The first-order chi connectivity index (χ1) is 30.8. The minimum absolute atomic E-state index is 0.0893. The molecule has 0 unspecified atom stereocenters. The zero-order valence-electron chi connectivity index (χ0n) is 36.9. The molecule has 0 atom stereocenters. The fourth-order valence-corrected chi connectivity index (χ4v) is 12.0. The molecule has 0 bridgehead atoms. The molecular formula is C62H53N. The number of hydrogen-bond donors (Lipinski definition) is 0. The minimum atomic E-state index is -0.108. The van der Waals surface area contributed by atoms with Crippen molar-refractivity contribution in [3.05, 3.63) is 210 Å². The molecule has 1 fully saturated rings. The molecule has 0 N–H and O–H groups in total. The van der Waals surface area contributed by atoms with Gasteiger partial charge in [0.2, 0.25) is 0 Å². The number of fused-ring (bicyclic) bond motifs is 8. The van der Waals surface area contributed by atoms with Crippen molar-refractivity contribution in [3.8, 4) is 44.5 Å². The Labute approximate surface area is 372 Å². The minimum Gasteiger partial charge on any atom is -0.309 e. The van der Waals surface area contributed by atoms with Crippen molar-refractivity contribution in [3.63, 3.8) is 0 Å². The van der Waals surface area contributed by atoms with E-state index in [4.69, 9.17) is 0 Å². The van der Waals surface area contributed by atoms with Crippen LogP contribution in [0.3, 0.4) is 0 Å². The third-order valence-corrected chi connectivity index (χ3v) is 15.3. The van der Waals surface area contributed by atoms with Crippen LogP contribution in [0.5, 0.6) is 0 Å².